The van der Waals surface area contributed by atoms with Crippen molar-refractivity contribution in [2.24, 2.45) is 0 Å². The zero-order valence-corrected chi connectivity index (χ0v) is 9.94. The average Bonchev–Trinajstić information content (AvgIpc) is 2.82. The SMILES string of the molecule is CCNc1cccc(N(C)C2CCOC2)n1. The van der Waals surface area contributed by atoms with Crippen LogP contribution < -0.4 is 10.2 Å². The van der Waals surface area contributed by atoms with E-state index in [1.165, 1.54) is 0 Å². The summed E-state index contributed by atoms with van der Waals surface area (Å²) in [5, 5.41) is 3.22. The lowest BCUT2D eigenvalue weighted by atomic mass is 10.2. The smallest absolute Gasteiger partial charge is 0.131 e. The Morgan fingerprint density at radius 1 is 1.56 bits per heavy atom. The Labute approximate surface area is 96.6 Å². The van der Waals surface area contributed by atoms with E-state index in [1.54, 1.807) is 0 Å². The van der Waals surface area contributed by atoms with E-state index in [4.69, 9.17) is 4.74 Å². The van der Waals surface area contributed by atoms with Crippen LogP contribution in [0.3, 0.4) is 0 Å². The first-order chi connectivity index (χ1) is 7.81. The predicted octanol–water partition coefficient (Wildman–Crippen LogP) is 1.74. The van der Waals surface area contributed by atoms with Gasteiger partial charge in [-0.25, -0.2) is 4.98 Å². The van der Waals surface area contributed by atoms with Gasteiger partial charge < -0.3 is 15.0 Å². The first-order valence-electron chi connectivity index (χ1n) is 5.82. The van der Waals surface area contributed by atoms with Crippen LogP contribution in [0.15, 0.2) is 18.2 Å². The van der Waals surface area contributed by atoms with Crippen LogP contribution in [0.2, 0.25) is 0 Å². The third-order valence-electron chi connectivity index (χ3n) is 2.91. The highest BCUT2D eigenvalue weighted by atomic mass is 16.5. The zero-order valence-electron chi connectivity index (χ0n) is 9.94. The molecule has 0 radical (unpaired) electrons. The molecule has 2 heterocycles. The maximum absolute atomic E-state index is 5.39. The maximum Gasteiger partial charge on any atom is 0.131 e. The number of anilines is 2. The van der Waals surface area contributed by atoms with Gasteiger partial charge in [0.2, 0.25) is 0 Å². The number of nitrogens with one attached hydrogen (secondary N) is 1. The molecular formula is C12H19N3O. The number of aromatic nitrogens is 1. The van der Waals surface area contributed by atoms with Gasteiger partial charge in [0.1, 0.15) is 11.6 Å². The summed E-state index contributed by atoms with van der Waals surface area (Å²) in [6.45, 7) is 4.64. The lowest BCUT2D eigenvalue weighted by Crippen LogP contribution is -2.32. The molecule has 0 aliphatic carbocycles. The molecule has 1 aliphatic heterocycles. The number of nitrogens with zero attached hydrogens (tertiary/aromatic N) is 2. The van der Waals surface area contributed by atoms with Crippen molar-refractivity contribution in [2.75, 3.05) is 37.0 Å². The second kappa shape index (κ2) is 5.16. The summed E-state index contributed by atoms with van der Waals surface area (Å²) in [7, 11) is 2.08. The van der Waals surface area contributed by atoms with Gasteiger partial charge in [0.25, 0.3) is 0 Å². The van der Waals surface area contributed by atoms with E-state index < -0.39 is 0 Å². The van der Waals surface area contributed by atoms with Crippen molar-refractivity contribution in [2.45, 2.75) is 19.4 Å². The van der Waals surface area contributed by atoms with Crippen LogP contribution in [0.4, 0.5) is 11.6 Å². The molecule has 1 aromatic heterocycles. The Morgan fingerprint density at radius 2 is 2.44 bits per heavy atom. The molecule has 0 bridgehead atoms. The first kappa shape index (κ1) is 11.2. The Bertz CT molecular complexity index is 337. The molecule has 4 heteroatoms. The Morgan fingerprint density at radius 3 is 3.12 bits per heavy atom. The summed E-state index contributed by atoms with van der Waals surface area (Å²) in [5.74, 6) is 1.94. The molecule has 4 nitrogen and oxygen atoms in total. The molecule has 1 aromatic rings. The average molecular weight is 221 g/mol. The van der Waals surface area contributed by atoms with Crippen molar-refractivity contribution < 1.29 is 4.74 Å². The molecular weight excluding hydrogens is 202 g/mol. The predicted molar refractivity (Wildman–Crippen MR) is 66.0 cm³/mol. The number of hydrogen-bond acceptors (Lipinski definition) is 4. The van der Waals surface area contributed by atoms with Gasteiger partial charge in [-0.05, 0) is 25.5 Å². The van der Waals surface area contributed by atoms with E-state index in [9.17, 15) is 0 Å². The number of rotatable bonds is 4. The second-order valence-corrected chi connectivity index (χ2v) is 4.04. The summed E-state index contributed by atoms with van der Waals surface area (Å²) in [4.78, 5) is 6.77. The summed E-state index contributed by atoms with van der Waals surface area (Å²) in [5.41, 5.74) is 0. The van der Waals surface area contributed by atoms with Gasteiger partial charge in [0, 0.05) is 20.2 Å². The van der Waals surface area contributed by atoms with Crippen molar-refractivity contribution in [1.29, 1.82) is 0 Å². The number of ether oxygens (including phenoxy) is 1. The van der Waals surface area contributed by atoms with E-state index in [2.05, 4.69) is 29.2 Å². The number of likely N-dealkylation sites (N-methyl/N-ethyl adjacent to an activating group) is 1. The minimum atomic E-state index is 0.462. The van der Waals surface area contributed by atoms with Crippen LogP contribution in [-0.4, -0.2) is 37.8 Å². The fourth-order valence-corrected chi connectivity index (χ4v) is 1.91. The van der Waals surface area contributed by atoms with Crippen molar-refractivity contribution in [3.8, 4) is 0 Å². The van der Waals surface area contributed by atoms with E-state index in [1.807, 2.05) is 18.2 Å². The molecule has 0 spiro atoms. The standard InChI is InChI=1S/C12H19N3O/c1-3-13-11-5-4-6-12(14-11)15(2)10-7-8-16-9-10/h4-6,10H,3,7-9H2,1-2H3,(H,13,14). The molecule has 2 rings (SSSR count). The van der Waals surface area contributed by atoms with Gasteiger partial charge in [-0.3, -0.25) is 0 Å². The van der Waals surface area contributed by atoms with Crippen molar-refractivity contribution >= 4 is 11.6 Å². The first-order valence-corrected chi connectivity index (χ1v) is 5.82. The van der Waals surface area contributed by atoms with Crippen LogP contribution in [0.1, 0.15) is 13.3 Å². The molecule has 1 saturated heterocycles. The molecule has 88 valence electrons. The minimum absolute atomic E-state index is 0.462. The van der Waals surface area contributed by atoms with Crippen LogP contribution in [0.5, 0.6) is 0 Å². The summed E-state index contributed by atoms with van der Waals surface area (Å²) in [6, 6.07) is 6.53. The van der Waals surface area contributed by atoms with Gasteiger partial charge in [0.15, 0.2) is 0 Å². The number of pyridine rings is 1. The van der Waals surface area contributed by atoms with Crippen molar-refractivity contribution in [3.05, 3.63) is 18.2 Å². The topological polar surface area (TPSA) is 37.4 Å². The van der Waals surface area contributed by atoms with Crippen LogP contribution in [0.25, 0.3) is 0 Å². The molecule has 1 unspecified atom stereocenters. The molecule has 16 heavy (non-hydrogen) atoms. The Balaban J connectivity index is 2.09. The highest BCUT2D eigenvalue weighted by molar-refractivity contribution is 5.47. The molecule has 0 amide bonds. The molecule has 1 fully saturated rings. The highest BCUT2D eigenvalue weighted by Crippen LogP contribution is 2.19. The fraction of sp³-hybridized carbons (Fsp3) is 0.583. The summed E-state index contributed by atoms with van der Waals surface area (Å²) >= 11 is 0. The van der Waals surface area contributed by atoms with Gasteiger partial charge in [-0.2, -0.15) is 0 Å². The minimum Gasteiger partial charge on any atom is -0.379 e. The summed E-state index contributed by atoms with van der Waals surface area (Å²) < 4.78 is 5.39. The second-order valence-electron chi connectivity index (χ2n) is 4.04. The third kappa shape index (κ3) is 2.44. The molecule has 1 atom stereocenters. The molecule has 0 saturated carbocycles. The van der Waals surface area contributed by atoms with E-state index in [0.717, 1.165) is 37.8 Å². The monoisotopic (exact) mass is 221 g/mol. The normalized spacial score (nSPS) is 19.8. The molecule has 1 aliphatic rings. The lowest BCUT2D eigenvalue weighted by molar-refractivity contribution is 0.193. The maximum atomic E-state index is 5.39. The van der Waals surface area contributed by atoms with Crippen LogP contribution >= 0.6 is 0 Å². The van der Waals surface area contributed by atoms with E-state index in [-0.39, 0.29) is 0 Å². The highest BCUT2D eigenvalue weighted by Gasteiger charge is 2.21. The fourth-order valence-electron chi connectivity index (χ4n) is 1.91. The molecule has 0 aromatic carbocycles. The van der Waals surface area contributed by atoms with Gasteiger partial charge in [-0.15, -0.1) is 0 Å². The quantitative estimate of drug-likeness (QED) is 0.840. The van der Waals surface area contributed by atoms with Gasteiger partial charge in [-0.1, -0.05) is 6.07 Å². The largest absolute Gasteiger partial charge is 0.379 e. The molecule has 1 N–H and O–H groups in total. The third-order valence-corrected chi connectivity index (χ3v) is 2.91. The van der Waals surface area contributed by atoms with Crippen molar-refractivity contribution in [1.82, 2.24) is 4.98 Å². The van der Waals surface area contributed by atoms with Crippen LogP contribution in [-0.2, 0) is 4.74 Å². The van der Waals surface area contributed by atoms with E-state index >= 15 is 0 Å². The summed E-state index contributed by atoms with van der Waals surface area (Å²) in [6.07, 6.45) is 1.09. The lowest BCUT2D eigenvalue weighted by Gasteiger charge is -2.24. The van der Waals surface area contributed by atoms with E-state index in [0.29, 0.717) is 6.04 Å². The van der Waals surface area contributed by atoms with Gasteiger partial charge >= 0.3 is 0 Å². The zero-order chi connectivity index (χ0) is 11.4. The van der Waals surface area contributed by atoms with Gasteiger partial charge in [0.05, 0.1) is 12.6 Å². The Kier molecular flexibility index (Phi) is 3.62. The Hall–Kier alpha value is -1.29. The van der Waals surface area contributed by atoms with Crippen LogP contribution in [0, 0.1) is 0 Å². The van der Waals surface area contributed by atoms with Crippen molar-refractivity contribution in [3.63, 3.8) is 0 Å². The number of hydrogen-bond donors (Lipinski definition) is 1.